The van der Waals surface area contributed by atoms with Crippen molar-refractivity contribution in [1.82, 2.24) is 10.2 Å². The summed E-state index contributed by atoms with van der Waals surface area (Å²) in [5, 5.41) is 17.2. The highest BCUT2D eigenvalue weighted by atomic mass is 16.3. The number of hydrogen-bond donors (Lipinski definition) is 3. The average Bonchev–Trinajstić information content (AvgIpc) is 3.10. The number of rotatable bonds is 0. The summed E-state index contributed by atoms with van der Waals surface area (Å²) in [4.78, 5) is 12.3. The number of aliphatic hydroxyl groups is 1. The van der Waals surface area contributed by atoms with Gasteiger partial charge < -0.3 is 10.2 Å². The van der Waals surface area contributed by atoms with Gasteiger partial charge in [-0.1, -0.05) is 13.8 Å². The number of aromatic nitrogens is 2. The fourth-order valence-electron chi connectivity index (χ4n) is 7.57. The molecule has 138 valence electrons. The van der Waals surface area contributed by atoms with Crippen LogP contribution in [0.3, 0.4) is 0 Å². The lowest BCUT2D eigenvalue weighted by Crippen LogP contribution is -2.56. The van der Waals surface area contributed by atoms with Crippen LogP contribution in [0.2, 0.25) is 0 Å². The van der Waals surface area contributed by atoms with E-state index in [0.29, 0.717) is 24.2 Å². The number of H-pyrrole nitrogens is 2. The van der Waals surface area contributed by atoms with E-state index in [2.05, 4.69) is 17.1 Å². The summed E-state index contributed by atoms with van der Waals surface area (Å²) in [6.07, 6.45) is 6.93. The van der Waals surface area contributed by atoms with Crippen molar-refractivity contribution in [3.8, 4) is 0 Å². The lowest BCUT2D eigenvalue weighted by atomic mass is 9.44. The monoisotopic (exact) mass is 347 g/mol. The molecule has 5 rings (SSSR count). The molecule has 0 aliphatic heterocycles. The zero-order chi connectivity index (χ0) is 20.1. The van der Waals surface area contributed by atoms with E-state index >= 15 is 0 Å². The van der Waals surface area contributed by atoms with Gasteiger partial charge in [-0.05, 0) is 92.7 Å². The molecule has 0 aromatic carbocycles. The Morgan fingerprint density at radius 1 is 1.12 bits per heavy atom. The van der Waals surface area contributed by atoms with Crippen LogP contribution in [0, 0.1) is 34.5 Å². The van der Waals surface area contributed by atoms with Gasteiger partial charge in [0.05, 0.1) is 5.60 Å². The van der Waals surface area contributed by atoms with E-state index in [-0.39, 0.29) is 16.9 Å². The van der Waals surface area contributed by atoms with Crippen molar-refractivity contribution in [2.24, 2.45) is 34.5 Å². The number of aromatic amines is 2. The summed E-state index contributed by atoms with van der Waals surface area (Å²) in [5.74, 6) is 1.79. The molecule has 7 atom stereocenters. The molecule has 0 bridgehead atoms. The van der Waals surface area contributed by atoms with E-state index in [1.807, 2.05) is 6.92 Å². The Bertz CT molecular complexity index is 861. The molecule has 4 aliphatic carbocycles. The molecule has 0 spiro atoms. The molecule has 3 fully saturated rings. The Morgan fingerprint density at radius 3 is 2.72 bits per heavy atom. The Labute approximate surface area is 154 Å². The fourth-order valence-corrected chi connectivity index (χ4v) is 7.57. The molecule has 0 amide bonds. The van der Waals surface area contributed by atoms with Crippen LogP contribution in [0.1, 0.15) is 74.6 Å². The van der Waals surface area contributed by atoms with Crippen LogP contribution in [0.4, 0.5) is 0 Å². The average molecular weight is 348 g/mol. The van der Waals surface area contributed by atoms with Crippen LogP contribution in [0.5, 0.6) is 0 Å². The minimum atomic E-state index is -2.33. The molecular formula is C21H32N2O2. The maximum Gasteiger partial charge on any atom is 0.267 e. The third kappa shape index (κ3) is 1.90. The van der Waals surface area contributed by atoms with Crippen molar-refractivity contribution in [2.45, 2.75) is 77.7 Å². The Hall–Kier alpha value is -1.03. The van der Waals surface area contributed by atoms with Gasteiger partial charge in [0.1, 0.15) is 0 Å². The van der Waals surface area contributed by atoms with Gasteiger partial charge in [-0.15, -0.1) is 0 Å². The maximum absolute atomic E-state index is 12.3. The Kier molecular flexibility index (Phi) is 2.54. The van der Waals surface area contributed by atoms with Crippen molar-refractivity contribution in [1.29, 1.82) is 0 Å². The molecule has 1 heterocycles. The second-order valence-electron chi connectivity index (χ2n) is 9.93. The van der Waals surface area contributed by atoms with Crippen molar-refractivity contribution in [3.63, 3.8) is 0 Å². The van der Waals surface area contributed by atoms with E-state index < -0.39 is 17.9 Å². The third-order valence-electron chi connectivity index (χ3n) is 9.19. The molecule has 4 nitrogen and oxygen atoms in total. The number of fused-ring (bicyclic) bond motifs is 6. The molecule has 25 heavy (non-hydrogen) atoms. The first kappa shape index (κ1) is 13.2. The molecular weight excluding hydrogens is 312 g/mol. The molecule has 0 radical (unpaired) electrons. The summed E-state index contributed by atoms with van der Waals surface area (Å²) in [6, 6.07) is 0. The summed E-state index contributed by atoms with van der Waals surface area (Å²) in [7, 11) is 0. The van der Waals surface area contributed by atoms with Gasteiger partial charge in [-0.25, -0.2) is 0 Å². The minimum Gasteiger partial charge on any atom is -0.390 e. The SMILES string of the molecule is [2H]C([2H])([2H])[C@@]1(O)CC[C@H]2[C@@H]3CC[C@@H]4Cc5[nH][nH]c(=O)c5C[C@@]4(C)[C@H]3CC[C@]21C. The molecule has 0 saturated heterocycles. The lowest BCUT2D eigenvalue weighted by Gasteiger charge is -2.60. The Morgan fingerprint density at radius 2 is 1.92 bits per heavy atom. The summed E-state index contributed by atoms with van der Waals surface area (Å²) in [6.45, 7) is 2.08. The third-order valence-corrected chi connectivity index (χ3v) is 9.19. The quantitative estimate of drug-likeness (QED) is 0.673. The fraction of sp³-hybridized carbons (Fsp3) is 0.857. The number of nitrogens with one attached hydrogen (secondary N) is 2. The zero-order valence-electron chi connectivity index (χ0n) is 18.3. The second-order valence-corrected chi connectivity index (χ2v) is 9.93. The molecule has 1 aromatic rings. The molecule has 1 aromatic heterocycles. The van der Waals surface area contributed by atoms with Crippen LogP contribution in [0.15, 0.2) is 4.79 Å². The van der Waals surface area contributed by atoms with Crippen LogP contribution < -0.4 is 5.56 Å². The van der Waals surface area contributed by atoms with E-state index in [4.69, 9.17) is 4.11 Å². The number of hydrogen-bond acceptors (Lipinski definition) is 2. The van der Waals surface area contributed by atoms with Crippen molar-refractivity contribution in [3.05, 3.63) is 21.6 Å². The van der Waals surface area contributed by atoms with Crippen molar-refractivity contribution in [2.75, 3.05) is 0 Å². The highest BCUT2D eigenvalue weighted by Gasteiger charge is 2.63. The largest absolute Gasteiger partial charge is 0.390 e. The van der Waals surface area contributed by atoms with Crippen LogP contribution in [-0.2, 0) is 12.8 Å². The molecule has 4 heteroatoms. The van der Waals surface area contributed by atoms with Gasteiger partial charge in [0.25, 0.3) is 5.56 Å². The van der Waals surface area contributed by atoms with Gasteiger partial charge in [0.15, 0.2) is 0 Å². The lowest BCUT2D eigenvalue weighted by molar-refractivity contribution is -0.139. The molecule has 3 N–H and O–H groups in total. The van der Waals surface area contributed by atoms with Crippen LogP contribution in [-0.4, -0.2) is 20.9 Å². The first-order valence-electron chi connectivity index (χ1n) is 11.5. The predicted octanol–water partition coefficient (Wildman–Crippen LogP) is 3.41. The van der Waals surface area contributed by atoms with Gasteiger partial charge in [0, 0.05) is 15.4 Å². The van der Waals surface area contributed by atoms with Gasteiger partial charge in [0.2, 0.25) is 0 Å². The summed E-state index contributed by atoms with van der Waals surface area (Å²) < 4.78 is 24.1. The van der Waals surface area contributed by atoms with Gasteiger partial charge >= 0.3 is 0 Å². The van der Waals surface area contributed by atoms with E-state index in [0.717, 1.165) is 56.2 Å². The van der Waals surface area contributed by atoms with E-state index in [1.165, 1.54) is 0 Å². The zero-order valence-corrected chi connectivity index (χ0v) is 15.3. The Balaban J connectivity index is 1.51. The first-order valence-corrected chi connectivity index (χ1v) is 10.0. The smallest absolute Gasteiger partial charge is 0.267 e. The highest BCUT2D eigenvalue weighted by molar-refractivity contribution is 5.26. The minimum absolute atomic E-state index is 0.0232. The molecule has 3 saturated carbocycles. The van der Waals surface area contributed by atoms with Crippen molar-refractivity contribution >= 4 is 0 Å². The first-order chi connectivity index (χ1) is 13.0. The normalized spacial score (nSPS) is 53.6. The van der Waals surface area contributed by atoms with Crippen molar-refractivity contribution < 1.29 is 9.22 Å². The standard InChI is InChI=1S/C21H32N2O2/c1-19-11-14-17(22-23-18(14)24)10-12(19)4-5-13-15(19)6-8-20(2)16(13)7-9-21(20,3)25/h12-13,15-16,25H,4-11H2,1-3H3,(H2,22,23,24)/t12-,13-,15+,16+,19-,20-,21-/m1/s1/i3D3. The molecule has 4 aliphatic rings. The van der Waals surface area contributed by atoms with Gasteiger partial charge in [-0.2, -0.15) is 0 Å². The maximum atomic E-state index is 12.3. The highest BCUT2D eigenvalue weighted by Crippen LogP contribution is 2.67. The summed E-state index contributed by atoms with van der Waals surface area (Å²) >= 11 is 0. The predicted molar refractivity (Wildman–Crippen MR) is 97.3 cm³/mol. The summed E-state index contributed by atoms with van der Waals surface area (Å²) in [5.41, 5.74) is 0.0314. The molecule has 0 unspecified atom stereocenters. The van der Waals surface area contributed by atoms with E-state index in [9.17, 15) is 9.90 Å². The van der Waals surface area contributed by atoms with E-state index in [1.54, 1.807) is 0 Å². The van der Waals surface area contributed by atoms with Crippen LogP contribution >= 0.6 is 0 Å². The van der Waals surface area contributed by atoms with Crippen LogP contribution in [0.25, 0.3) is 0 Å². The topological polar surface area (TPSA) is 68.9 Å². The van der Waals surface area contributed by atoms with Gasteiger partial charge in [-0.3, -0.25) is 9.89 Å². The second kappa shape index (κ2) is 4.82.